The Morgan fingerprint density at radius 1 is 1.07 bits per heavy atom. The maximum Gasteiger partial charge on any atom is 0.344 e. The van der Waals surface area contributed by atoms with Gasteiger partial charge in [-0.2, -0.15) is 0 Å². The molecule has 0 amide bonds. The molecule has 0 bridgehead atoms. The van der Waals surface area contributed by atoms with E-state index in [-0.39, 0.29) is 16.5 Å². The van der Waals surface area contributed by atoms with Crippen molar-refractivity contribution in [2.45, 2.75) is 31.3 Å². The first-order valence-corrected chi connectivity index (χ1v) is 10.7. The molecule has 0 heterocycles. The lowest BCUT2D eigenvalue weighted by Gasteiger charge is -2.20. The zero-order valence-electron chi connectivity index (χ0n) is 15.4. The number of sulfone groups is 1. The van der Waals surface area contributed by atoms with Crippen LogP contribution in [0.4, 0.5) is 0 Å². The first-order chi connectivity index (χ1) is 12.4. The van der Waals surface area contributed by atoms with Gasteiger partial charge in [-0.15, -0.1) is 0 Å². The van der Waals surface area contributed by atoms with Crippen molar-refractivity contribution in [2.75, 3.05) is 12.9 Å². The van der Waals surface area contributed by atoms with E-state index in [0.717, 1.165) is 6.26 Å². The van der Waals surface area contributed by atoms with Crippen LogP contribution in [0.5, 0.6) is 5.75 Å². The summed E-state index contributed by atoms with van der Waals surface area (Å²) in [5.74, 6) is -0.109. The van der Waals surface area contributed by atoms with Gasteiger partial charge in [0.2, 0.25) is 0 Å². The second kappa shape index (κ2) is 8.09. The fourth-order valence-corrected chi connectivity index (χ4v) is 3.83. The molecule has 0 atom stereocenters. The van der Waals surface area contributed by atoms with E-state index in [9.17, 15) is 13.2 Å². The highest BCUT2D eigenvalue weighted by Gasteiger charge is 2.18. The molecule has 5 nitrogen and oxygen atoms in total. The molecule has 0 aromatic heterocycles. The molecule has 0 fully saturated rings. The summed E-state index contributed by atoms with van der Waals surface area (Å²) in [6.45, 7) is 5.03. The number of esters is 1. The highest BCUT2D eigenvalue weighted by molar-refractivity contribution is 7.90. The Balaban J connectivity index is 2.34. The number of hydrogen-bond donors (Lipinski definition) is 0. The Morgan fingerprint density at radius 2 is 1.74 bits per heavy atom. The first kappa shape index (κ1) is 21.5. The number of halogens is 2. The number of carbonyl (C=O) groups is 1. The molecule has 0 saturated heterocycles. The Bertz CT molecular complexity index is 963. The van der Waals surface area contributed by atoms with Gasteiger partial charge in [0.05, 0.1) is 9.92 Å². The van der Waals surface area contributed by atoms with E-state index in [1.807, 2.05) is 0 Å². The van der Waals surface area contributed by atoms with Crippen LogP contribution < -0.4 is 4.74 Å². The average Bonchev–Trinajstić information content (AvgIpc) is 2.50. The second-order valence-electron chi connectivity index (χ2n) is 6.93. The minimum atomic E-state index is -3.44. The van der Waals surface area contributed by atoms with Crippen LogP contribution >= 0.6 is 23.2 Å². The Labute approximate surface area is 169 Å². The summed E-state index contributed by atoms with van der Waals surface area (Å²) in [4.78, 5) is 11.9. The van der Waals surface area contributed by atoms with Crippen molar-refractivity contribution < 1.29 is 22.7 Å². The van der Waals surface area contributed by atoms with Gasteiger partial charge in [0.25, 0.3) is 0 Å². The monoisotopic (exact) mass is 430 g/mol. The van der Waals surface area contributed by atoms with E-state index in [0.29, 0.717) is 21.9 Å². The highest BCUT2D eigenvalue weighted by Crippen LogP contribution is 2.35. The van der Waals surface area contributed by atoms with Crippen LogP contribution in [0, 0.1) is 0 Å². The van der Waals surface area contributed by atoms with E-state index in [1.54, 1.807) is 45.0 Å². The summed E-state index contributed by atoms with van der Waals surface area (Å²) in [6, 6.07) is 9.45. The van der Waals surface area contributed by atoms with Crippen LogP contribution in [0.25, 0.3) is 11.1 Å². The number of hydrogen-bond acceptors (Lipinski definition) is 5. The molecule has 0 aliphatic carbocycles. The second-order valence-corrected chi connectivity index (χ2v) is 9.76. The molecular weight excluding hydrogens is 411 g/mol. The molecule has 146 valence electrons. The van der Waals surface area contributed by atoms with Crippen LogP contribution in [-0.4, -0.2) is 32.9 Å². The predicted molar refractivity (Wildman–Crippen MR) is 106 cm³/mol. The number of benzene rings is 2. The molecular formula is C19H20Cl2O5S. The molecule has 27 heavy (non-hydrogen) atoms. The molecule has 2 aromatic carbocycles. The van der Waals surface area contributed by atoms with Gasteiger partial charge in [0.1, 0.15) is 11.4 Å². The van der Waals surface area contributed by atoms with Crippen LogP contribution in [0.1, 0.15) is 20.8 Å². The Kier molecular flexibility index (Phi) is 6.45. The minimum absolute atomic E-state index is 0.0335. The number of ether oxygens (including phenoxy) is 2. The van der Waals surface area contributed by atoms with Crippen molar-refractivity contribution in [3.63, 3.8) is 0 Å². The molecule has 0 spiro atoms. The van der Waals surface area contributed by atoms with Gasteiger partial charge in [0, 0.05) is 16.8 Å². The summed E-state index contributed by atoms with van der Waals surface area (Å²) in [6.07, 6.45) is 1.09. The third-order valence-corrected chi connectivity index (χ3v) is 5.16. The largest absolute Gasteiger partial charge is 0.481 e. The van der Waals surface area contributed by atoms with Gasteiger partial charge in [-0.05, 0) is 56.7 Å². The normalized spacial score (nSPS) is 11.9. The summed E-state index contributed by atoms with van der Waals surface area (Å²) in [5.41, 5.74) is 0.570. The van der Waals surface area contributed by atoms with Gasteiger partial charge < -0.3 is 9.47 Å². The van der Waals surface area contributed by atoms with Gasteiger partial charge >= 0.3 is 5.97 Å². The number of carbonyl (C=O) groups excluding carboxylic acids is 1. The lowest BCUT2D eigenvalue weighted by atomic mass is 10.0. The third-order valence-electron chi connectivity index (χ3n) is 3.35. The zero-order valence-corrected chi connectivity index (χ0v) is 17.7. The quantitative estimate of drug-likeness (QED) is 0.637. The lowest BCUT2D eigenvalue weighted by Crippen LogP contribution is -2.27. The molecule has 2 aromatic rings. The predicted octanol–water partition coefficient (Wildman–Crippen LogP) is 4.78. The zero-order chi connectivity index (χ0) is 20.4. The Hall–Kier alpha value is -1.76. The van der Waals surface area contributed by atoms with Gasteiger partial charge in [-0.3, -0.25) is 0 Å². The topological polar surface area (TPSA) is 69.7 Å². The van der Waals surface area contributed by atoms with Gasteiger partial charge in [-0.1, -0.05) is 29.3 Å². The number of rotatable bonds is 5. The van der Waals surface area contributed by atoms with E-state index in [2.05, 4.69) is 0 Å². The Morgan fingerprint density at radius 3 is 2.30 bits per heavy atom. The molecule has 2 rings (SSSR count). The van der Waals surface area contributed by atoms with E-state index in [4.69, 9.17) is 32.7 Å². The van der Waals surface area contributed by atoms with Gasteiger partial charge in [-0.25, -0.2) is 13.2 Å². The SMILES string of the molecule is CC(C)(C)OC(=O)COc1ccc(Cl)cc1-c1ccc(S(C)(=O)=O)c(Cl)c1. The highest BCUT2D eigenvalue weighted by atomic mass is 35.5. The van der Waals surface area contributed by atoms with Crippen LogP contribution in [-0.2, 0) is 19.4 Å². The summed E-state index contributed by atoms with van der Waals surface area (Å²) in [7, 11) is -3.44. The molecule has 0 N–H and O–H groups in total. The first-order valence-electron chi connectivity index (χ1n) is 8.01. The maximum absolute atomic E-state index is 11.9. The van der Waals surface area contributed by atoms with Crippen molar-refractivity contribution in [1.82, 2.24) is 0 Å². The molecule has 0 aliphatic rings. The maximum atomic E-state index is 11.9. The molecule has 0 aliphatic heterocycles. The van der Waals surface area contributed by atoms with Crippen LogP contribution in [0.15, 0.2) is 41.3 Å². The fourth-order valence-electron chi connectivity index (χ4n) is 2.33. The van der Waals surface area contributed by atoms with Crippen LogP contribution in [0.3, 0.4) is 0 Å². The molecule has 0 unspecified atom stereocenters. The van der Waals surface area contributed by atoms with Gasteiger partial charge in [0.15, 0.2) is 16.4 Å². The summed E-state index contributed by atoms with van der Waals surface area (Å²) >= 11 is 12.2. The third kappa shape index (κ3) is 6.13. The minimum Gasteiger partial charge on any atom is -0.481 e. The van der Waals surface area contributed by atoms with E-state index >= 15 is 0 Å². The lowest BCUT2D eigenvalue weighted by molar-refractivity contribution is -0.157. The summed E-state index contributed by atoms with van der Waals surface area (Å²) < 4.78 is 34.3. The molecule has 8 heteroatoms. The average molecular weight is 431 g/mol. The van der Waals surface area contributed by atoms with E-state index < -0.39 is 21.4 Å². The fraction of sp³-hybridized carbons (Fsp3) is 0.316. The van der Waals surface area contributed by atoms with Crippen molar-refractivity contribution in [3.8, 4) is 16.9 Å². The molecule has 0 radical (unpaired) electrons. The van der Waals surface area contributed by atoms with Crippen LogP contribution in [0.2, 0.25) is 10.0 Å². The summed E-state index contributed by atoms with van der Waals surface area (Å²) in [5, 5.41) is 0.547. The smallest absolute Gasteiger partial charge is 0.344 e. The van der Waals surface area contributed by atoms with E-state index in [1.165, 1.54) is 12.1 Å². The van der Waals surface area contributed by atoms with Crippen molar-refractivity contribution >= 4 is 39.0 Å². The van der Waals surface area contributed by atoms with Crippen molar-refractivity contribution in [2.24, 2.45) is 0 Å². The standard InChI is InChI=1S/C19H20Cl2O5S/c1-19(2,3)26-18(22)11-25-16-7-6-13(20)10-14(16)12-5-8-17(15(21)9-12)27(4,23)24/h5-10H,11H2,1-4H3. The van der Waals surface area contributed by atoms with Crippen molar-refractivity contribution in [1.29, 1.82) is 0 Å². The van der Waals surface area contributed by atoms with Crippen molar-refractivity contribution in [3.05, 3.63) is 46.4 Å². The molecule has 0 saturated carbocycles.